The fraction of sp³-hybridized carbons (Fsp3) is 0.0400. The van der Waals surface area contributed by atoms with Gasteiger partial charge in [-0.25, -0.2) is 9.69 Å². The number of halogens is 2. The average Bonchev–Trinajstić information content (AvgIpc) is 3.06. The van der Waals surface area contributed by atoms with E-state index in [1.54, 1.807) is 42.5 Å². The van der Waals surface area contributed by atoms with E-state index in [1.165, 1.54) is 37.4 Å². The first kappa shape index (κ1) is 24.0. The molecule has 176 valence electrons. The van der Waals surface area contributed by atoms with Crippen LogP contribution in [-0.2, 0) is 14.3 Å². The zero-order valence-corrected chi connectivity index (χ0v) is 19.7. The van der Waals surface area contributed by atoms with Crippen LogP contribution >= 0.6 is 23.2 Å². The lowest BCUT2D eigenvalue weighted by Gasteiger charge is -2.16. The van der Waals surface area contributed by atoms with Gasteiger partial charge in [0, 0.05) is 22.0 Å². The lowest BCUT2D eigenvalue weighted by molar-refractivity contribution is -0.120. The van der Waals surface area contributed by atoms with E-state index in [-0.39, 0.29) is 22.0 Å². The monoisotopic (exact) mass is 509 g/mol. The summed E-state index contributed by atoms with van der Waals surface area (Å²) in [6, 6.07) is 18.9. The van der Waals surface area contributed by atoms with Crippen LogP contribution in [0.5, 0.6) is 0 Å². The number of carbonyl (C=O) groups is 4. The normalized spacial score (nSPS) is 13.2. The number of nitrogens with one attached hydrogen (secondary N) is 2. The Morgan fingerprint density at radius 3 is 2.26 bits per heavy atom. The van der Waals surface area contributed by atoms with Crippen molar-refractivity contribution in [3.05, 3.63) is 99.7 Å². The maximum Gasteiger partial charge on any atom is 0.337 e. The number of methoxy groups -OCH3 is 1. The van der Waals surface area contributed by atoms with Crippen molar-refractivity contribution in [1.29, 1.82) is 0 Å². The van der Waals surface area contributed by atoms with Crippen LogP contribution in [-0.4, -0.2) is 30.8 Å². The van der Waals surface area contributed by atoms with Gasteiger partial charge in [-0.1, -0.05) is 41.4 Å². The SMILES string of the molecule is COC(=O)c1cccc(N2C(=O)C(Cl)=C(Nc3cccc(C(=O)Nc4cccc(Cl)c4)c3)C2=O)c1. The van der Waals surface area contributed by atoms with Crippen LogP contribution in [0.2, 0.25) is 5.02 Å². The molecule has 35 heavy (non-hydrogen) atoms. The molecule has 0 bridgehead atoms. The maximum absolute atomic E-state index is 13.1. The quantitative estimate of drug-likeness (QED) is 0.364. The van der Waals surface area contributed by atoms with E-state index in [1.807, 2.05) is 0 Å². The van der Waals surface area contributed by atoms with Gasteiger partial charge in [-0.3, -0.25) is 14.4 Å². The number of hydrogen-bond acceptors (Lipinski definition) is 6. The molecule has 0 atom stereocenters. The number of amides is 3. The van der Waals surface area contributed by atoms with E-state index in [2.05, 4.69) is 15.4 Å². The highest BCUT2D eigenvalue weighted by Crippen LogP contribution is 2.31. The average molecular weight is 510 g/mol. The summed E-state index contributed by atoms with van der Waals surface area (Å²) in [5.74, 6) is -2.48. The number of benzene rings is 3. The molecule has 1 aliphatic heterocycles. The molecule has 0 unspecified atom stereocenters. The third kappa shape index (κ3) is 5.03. The van der Waals surface area contributed by atoms with E-state index in [0.717, 1.165) is 4.90 Å². The summed E-state index contributed by atoms with van der Waals surface area (Å²) >= 11 is 12.1. The standard InChI is InChI=1S/C25H17Cl2N3O5/c1-35-25(34)15-6-3-10-19(12-15)30-23(32)20(27)21(24(30)33)28-17-8-2-5-14(11-17)22(31)29-18-9-4-7-16(26)13-18/h2-13,28H,1H3,(H,29,31). The topological polar surface area (TPSA) is 105 Å². The zero-order valence-electron chi connectivity index (χ0n) is 18.2. The van der Waals surface area contributed by atoms with Crippen molar-refractivity contribution in [2.24, 2.45) is 0 Å². The minimum absolute atomic E-state index is 0.160. The number of anilines is 3. The molecule has 0 saturated heterocycles. The third-order valence-electron chi connectivity index (χ3n) is 5.03. The fourth-order valence-corrected chi connectivity index (χ4v) is 3.79. The highest BCUT2D eigenvalue weighted by Gasteiger charge is 2.39. The summed E-state index contributed by atoms with van der Waals surface area (Å²) in [6.07, 6.45) is 0. The number of imide groups is 1. The van der Waals surface area contributed by atoms with Crippen LogP contribution in [0.3, 0.4) is 0 Å². The summed E-state index contributed by atoms with van der Waals surface area (Å²) in [7, 11) is 1.23. The first-order valence-corrected chi connectivity index (χ1v) is 10.9. The van der Waals surface area contributed by atoms with Crippen LogP contribution in [0.1, 0.15) is 20.7 Å². The van der Waals surface area contributed by atoms with Crippen LogP contribution < -0.4 is 15.5 Å². The van der Waals surface area contributed by atoms with E-state index >= 15 is 0 Å². The molecule has 8 nitrogen and oxygen atoms in total. The van der Waals surface area contributed by atoms with Crippen LogP contribution in [0.4, 0.5) is 17.1 Å². The predicted octanol–water partition coefficient (Wildman–Crippen LogP) is 4.81. The molecular formula is C25H17Cl2N3O5. The second-order valence-electron chi connectivity index (χ2n) is 7.35. The van der Waals surface area contributed by atoms with E-state index in [9.17, 15) is 19.2 Å². The summed E-state index contributed by atoms with van der Waals surface area (Å²) in [5.41, 5.74) is 1.35. The highest BCUT2D eigenvalue weighted by molar-refractivity contribution is 6.53. The van der Waals surface area contributed by atoms with Crippen molar-refractivity contribution in [2.75, 3.05) is 22.6 Å². The van der Waals surface area contributed by atoms with Gasteiger partial charge in [0.15, 0.2) is 0 Å². The third-order valence-corrected chi connectivity index (χ3v) is 5.62. The van der Waals surface area contributed by atoms with Crippen LogP contribution in [0, 0.1) is 0 Å². The van der Waals surface area contributed by atoms with Gasteiger partial charge in [-0.05, 0) is 54.6 Å². The van der Waals surface area contributed by atoms with Crippen molar-refractivity contribution in [3.8, 4) is 0 Å². The van der Waals surface area contributed by atoms with Crippen molar-refractivity contribution >= 4 is 64.0 Å². The smallest absolute Gasteiger partial charge is 0.337 e. The largest absolute Gasteiger partial charge is 0.465 e. The summed E-state index contributed by atoms with van der Waals surface area (Å²) < 4.78 is 4.69. The molecule has 0 aromatic heterocycles. The molecule has 1 heterocycles. The molecule has 1 aliphatic rings. The molecule has 0 saturated carbocycles. The van der Waals surface area contributed by atoms with Crippen molar-refractivity contribution in [1.82, 2.24) is 0 Å². The minimum Gasteiger partial charge on any atom is -0.465 e. The van der Waals surface area contributed by atoms with E-state index in [0.29, 0.717) is 22.0 Å². The summed E-state index contributed by atoms with van der Waals surface area (Å²) in [5, 5.41) is 5.72. The summed E-state index contributed by atoms with van der Waals surface area (Å²) in [4.78, 5) is 51.2. The minimum atomic E-state index is -0.754. The van der Waals surface area contributed by atoms with Gasteiger partial charge in [0.25, 0.3) is 17.7 Å². The van der Waals surface area contributed by atoms with Crippen molar-refractivity contribution in [2.45, 2.75) is 0 Å². The molecular weight excluding hydrogens is 493 g/mol. The van der Waals surface area contributed by atoms with Gasteiger partial charge in [-0.2, -0.15) is 0 Å². The molecule has 0 fully saturated rings. The zero-order chi connectivity index (χ0) is 25.1. The molecule has 3 amide bonds. The first-order valence-electron chi connectivity index (χ1n) is 10.2. The molecule has 3 aromatic rings. The molecule has 3 aromatic carbocycles. The molecule has 10 heteroatoms. The number of ether oxygens (including phenoxy) is 1. The van der Waals surface area contributed by atoms with E-state index in [4.69, 9.17) is 23.2 Å². The van der Waals surface area contributed by atoms with Gasteiger partial charge in [0.1, 0.15) is 10.7 Å². The van der Waals surface area contributed by atoms with Gasteiger partial charge < -0.3 is 15.4 Å². The van der Waals surface area contributed by atoms with Crippen LogP contribution in [0.25, 0.3) is 0 Å². The predicted molar refractivity (Wildman–Crippen MR) is 133 cm³/mol. The Morgan fingerprint density at radius 2 is 1.51 bits per heavy atom. The number of carbonyl (C=O) groups excluding carboxylic acids is 4. The Bertz CT molecular complexity index is 1400. The highest BCUT2D eigenvalue weighted by atomic mass is 35.5. The lowest BCUT2D eigenvalue weighted by Crippen LogP contribution is -2.32. The van der Waals surface area contributed by atoms with Crippen LogP contribution in [0.15, 0.2) is 83.5 Å². The molecule has 0 aliphatic carbocycles. The second-order valence-corrected chi connectivity index (χ2v) is 8.16. The van der Waals surface area contributed by atoms with Crippen molar-refractivity contribution in [3.63, 3.8) is 0 Å². The lowest BCUT2D eigenvalue weighted by atomic mass is 10.1. The Balaban J connectivity index is 1.55. The molecule has 0 radical (unpaired) electrons. The summed E-state index contributed by atoms with van der Waals surface area (Å²) in [6.45, 7) is 0. The Hall–Kier alpha value is -4.14. The number of rotatable bonds is 6. The van der Waals surface area contributed by atoms with Gasteiger partial charge in [-0.15, -0.1) is 0 Å². The number of esters is 1. The Kier molecular flexibility index (Phi) is 6.86. The van der Waals surface area contributed by atoms with Gasteiger partial charge in [0.05, 0.1) is 18.4 Å². The maximum atomic E-state index is 13.1. The Labute approximate surface area is 210 Å². The second kappa shape index (κ2) is 10.0. The fourth-order valence-electron chi connectivity index (χ4n) is 3.39. The first-order chi connectivity index (χ1) is 16.8. The van der Waals surface area contributed by atoms with Gasteiger partial charge >= 0.3 is 5.97 Å². The molecule has 2 N–H and O–H groups in total. The number of hydrogen-bond donors (Lipinski definition) is 2. The van der Waals surface area contributed by atoms with Gasteiger partial charge in [0.2, 0.25) is 0 Å². The van der Waals surface area contributed by atoms with Crippen molar-refractivity contribution < 1.29 is 23.9 Å². The Morgan fingerprint density at radius 1 is 0.829 bits per heavy atom. The molecule has 4 rings (SSSR count). The molecule has 0 spiro atoms. The number of nitrogens with zero attached hydrogens (tertiary/aromatic N) is 1. The van der Waals surface area contributed by atoms with E-state index < -0.39 is 23.7 Å².